The third-order valence-corrected chi connectivity index (χ3v) is 4.50. The molecule has 124 valence electrons. The van der Waals surface area contributed by atoms with Gasteiger partial charge in [-0.05, 0) is 44.7 Å². The first kappa shape index (κ1) is 15.0. The van der Waals surface area contributed by atoms with Crippen molar-refractivity contribution in [3.8, 4) is 5.69 Å². The van der Waals surface area contributed by atoms with E-state index in [-0.39, 0.29) is 6.10 Å². The highest BCUT2D eigenvalue weighted by atomic mass is 16.3. The Morgan fingerprint density at radius 1 is 1.12 bits per heavy atom. The molecule has 0 aliphatic heterocycles. The number of hydrogen-bond acceptors (Lipinski definition) is 6. The monoisotopic (exact) mass is 324 g/mol. The zero-order chi connectivity index (χ0) is 16.5. The van der Waals surface area contributed by atoms with Crippen molar-refractivity contribution in [1.29, 1.82) is 0 Å². The summed E-state index contributed by atoms with van der Waals surface area (Å²) in [5, 5.41) is 21.3. The van der Waals surface area contributed by atoms with Crippen LogP contribution in [0.15, 0.2) is 30.5 Å². The Balaban J connectivity index is 1.62. The van der Waals surface area contributed by atoms with Crippen LogP contribution < -0.4 is 5.32 Å². The van der Waals surface area contributed by atoms with E-state index in [9.17, 15) is 5.11 Å². The highest BCUT2D eigenvalue weighted by Crippen LogP contribution is 2.22. The molecule has 7 nitrogen and oxygen atoms in total. The Morgan fingerprint density at radius 3 is 2.62 bits per heavy atom. The molecule has 7 heteroatoms. The Labute approximate surface area is 139 Å². The quantitative estimate of drug-likeness (QED) is 0.768. The van der Waals surface area contributed by atoms with Gasteiger partial charge < -0.3 is 10.4 Å². The van der Waals surface area contributed by atoms with Crippen molar-refractivity contribution < 1.29 is 5.11 Å². The van der Waals surface area contributed by atoms with Gasteiger partial charge in [-0.3, -0.25) is 0 Å². The number of aryl methyl sites for hydroxylation is 1. The van der Waals surface area contributed by atoms with Crippen LogP contribution in [-0.4, -0.2) is 42.2 Å². The lowest BCUT2D eigenvalue weighted by molar-refractivity contribution is 0.126. The van der Waals surface area contributed by atoms with Gasteiger partial charge in [0.1, 0.15) is 0 Å². The number of nitrogens with zero attached hydrogens (tertiary/aromatic N) is 5. The number of anilines is 1. The number of aliphatic hydroxyl groups is 1. The van der Waals surface area contributed by atoms with Gasteiger partial charge in [0.2, 0.25) is 5.95 Å². The number of benzene rings is 1. The van der Waals surface area contributed by atoms with Crippen molar-refractivity contribution in [3.05, 3.63) is 36.0 Å². The first-order chi connectivity index (χ1) is 11.7. The number of fused-ring (bicyclic) bond motifs is 1. The lowest BCUT2D eigenvalue weighted by Gasteiger charge is -2.26. The molecule has 0 spiro atoms. The van der Waals surface area contributed by atoms with Gasteiger partial charge in [0, 0.05) is 6.04 Å². The first-order valence-electron chi connectivity index (χ1n) is 8.29. The van der Waals surface area contributed by atoms with E-state index in [4.69, 9.17) is 0 Å². The fourth-order valence-corrected chi connectivity index (χ4v) is 3.06. The second kappa shape index (κ2) is 6.16. The van der Waals surface area contributed by atoms with Crippen molar-refractivity contribution in [2.75, 3.05) is 5.32 Å². The summed E-state index contributed by atoms with van der Waals surface area (Å²) in [5.74, 6) is 0.583. The topological polar surface area (TPSA) is 88.8 Å². The lowest BCUT2D eigenvalue weighted by atomic mass is 9.93. The summed E-state index contributed by atoms with van der Waals surface area (Å²) in [6.45, 7) is 2.05. The van der Waals surface area contributed by atoms with Crippen molar-refractivity contribution in [2.45, 2.75) is 44.8 Å². The maximum Gasteiger partial charge on any atom is 0.225 e. The summed E-state index contributed by atoms with van der Waals surface area (Å²) in [4.78, 5) is 8.94. The minimum atomic E-state index is -0.168. The molecular formula is C17H20N6O. The molecular weight excluding hydrogens is 304 g/mol. The molecule has 0 bridgehead atoms. The van der Waals surface area contributed by atoms with Gasteiger partial charge in [-0.1, -0.05) is 22.9 Å². The fraction of sp³-hybridized carbons (Fsp3) is 0.412. The lowest BCUT2D eigenvalue weighted by Crippen LogP contribution is -2.28. The minimum Gasteiger partial charge on any atom is -0.393 e. The number of hydrogen-bond donors (Lipinski definition) is 2. The largest absolute Gasteiger partial charge is 0.393 e. The van der Waals surface area contributed by atoms with Crippen LogP contribution in [0.3, 0.4) is 0 Å². The van der Waals surface area contributed by atoms with Crippen molar-refractivity contribution in [3.63, 3.8) is 0 Å². The second-order valence-electron chi connectivity index (χ2n) is 6.39. The van der Waals surface area contributed by atoms with Gasteiger partial charge in [0.15, 0.2) is 11.2 Å². The van der Waals surface area contributed by atoms with Crippen LogP contribution in [0.25, 0.3) is 16.9 Å². The van der Waals surface area contributed by atoms with Gasteiger partial charge >= 0.3 is 0 Å². The summed E-state index contributed by atoms with van der Waals surface area (Å²) in [5.41, 5.74) is 3.47. The molecule has 2 N–H and O–H groups in total. The number of rotatable bonds is 3. The Morgan fingerprint density at radius 2 is 1.88 bits per heavy atom. The van der Waals surface area contributed by atoms with Gasteiger partial charge in [-0.15, -0.1) is 5.10 Å². The molecule has 0 saturated heterocycles. The SMILES string of the molecule is Cc1ccc(-n2nnc3cnc(NC4CCC(O)CC4)nc32)cc1. The molecule has 2 aromatic heterocycles. The summed E-state index contributed by atoms with van der Waals surface area (Å²) in [7, 11) is 0. The van der Waals surface area contributed by atoms with Crippen LogP contribution in [0.1, 0.15) is 31.2 Å². The van der Waals surface area contributed by atoms with Crippen LogP contribution in [0.5, 0.6) is 0 Å². The smallest absolute Gasteiger partial charge is 0.225 e. The van der Waals surface area contributed by atoms with Crippen LogP contribution in [0, 0.1) is 6.92 Å². The zero-order valence-electron chi connectivity index (χ0n) is 13.6. The molecule has 24 heavy (non-hydrogen) atoms. The molecule has 2 heterocycles. The van der Waals surface area contributed by atoms with Crippen molar-refractivity contribution in [2.24, 2.45) is 0 Å². The molecule has 0 atom stereocenters. The number of nitrogens with one attached hydrogen (secondary N) is 1. The average Bonchev–Trinajstić information content (AvgIpc) is 3.01. The van der Waals surface area contributed by atoms with Crippen molar-refractivity contribution in [1.82, 2.24) is 25.0 Å². The van der Waals surface area contributed by atoms with Crippen LogP contribution >= 0.6 is 0 Å². The van der Waals surface area contributed by atoms with Gasteiger partial charge in [0.25, 0.3) is 0 Å². The maximum absolute atomic E-state index is 9.61. The van der Waals surface area contributed by atoms with Crippen molar-refractivity contribution >= 4 is 17.1 Å². The molecule has 1 fully saturated rings. The Bertz CT molecular complexity index is 836. The molecule has 1 aliphatic rings. The van der Waals surface area contributed by atoms with E-state index >= 15 is 0 Å². The molecule has 3 aromatic rings. The summed E-state index contributed by atoms with van der Waals surface area (Å²) in [6.07, 6.45) is 5.03. The highest BCUT2D eigenvalue weighted by molar-refractivity contribution is 5.71. The number of aromatic nitrogens is 5. The van der Waals surface area contributed by atoms with Gasteiger partial charge in [-0.2, -0.15) is 9.67 Å². The normalized spacial score (nSPS) is 21.1. The van der Waals surface area contributed by atoms with E-state index < -0.39 is 0 Å². The van der Waals surface area contributed by atoms with Gasteiger partial charge in [0.05, 0.1) is 18.0 Å². The summed E-state index contributed by atoms with van der Waals surface area (Å²) < 4.78 is 1.73. The highest BCUT2D eigenvalue weighted by Gasteiger charge is 2.20. The van der Waals surface area contributed by atoms with E-state index in [2.05, 4.69) is 32.5 Å². The fourth-order valence-electron chi connectivity index (χ4n) is 3.06. The standard InChI is InChI=1S/C17H20N6O/c1-11-2-6-13(7-3-11)23-16-15(21-22-23)10-18-17(20-16)19-12-4-8-14(24)9-5-12/h2-3,6-7,10,12,14,24H,4-5,8-9H2,1H3,(H,18,19,20). The maximum atomic E-state index is 9.61. The molecule has 0 amide bonds. The Hall–Kier alpha value is -2.54. The van der Waals surface area contributed by atoms with Crippen LogP contribution in [-0.2, 0) is 0 Å². The zero-order valence-corrected chi connectivity index (χ0v) is 13.6. The first-order valence-corrected chi connectivity index (χ1v) is 8.29. The van der Waals surface area contributed by atoms with E-state index in [1.807, 2.05) is 24.3 Å². The molecule has 1 saturated carbocycles. The van der Waals surface area contributed by atoms with Crippen LogP contribution in [0.2, 0.25) is 0 Å². The molecule has 0 radical (unpaired) electrons. The third kappa shape index (κ3) is 2.94. The third-order valence-electron chi connectivity index (χ3n) is 4.50. The van der Waals surface area contributed by atoms with Gasteiger partial charge in [-0.25, -0.2) is 4.98 Å². The summed E-state index contributed by atoms with van der Waals surface area (Å²) >= 11 is 0. The molecule has 1 aliphatic carbocycles. The average molecular weight is 324 g/mol. The second-order valence-corrected chi connectivity index (χ2v) is 6.39. The molecule has 4 rings (SSSR count). The van der Waals surface area contributed by atoms with E-state index in [1.165, 1.54) is 5.56 Å². The van der Waals surface area contributed by atoms with E-state index in [1.54, 1.807) is 10.9 Å². The van der Waals surface area contributed by atoms with Crippen LogP contribution in [0.4, 0.5) is 5.95 Å². The predicted octanol–water partition coefficient (Wildman–Crippen LogP) is 2.23. The molecule has 1 aromatic carbocycles. The predicted molar refractivity (Wildman–Crippen MR) is 91.1 cm³/mol. The van der Waals surface area contributed by atoms with E-state index in [0.717, 1.165) is 31.4 Å². The van der Waals surface area contributed by atoms with E-state index in [0.29, 0.717) is 23.2 Å². The Kier molecular flexibility index (Phi) is 3.86. The number of aliphatic hydroxyl groups excluding tert-OH is 1. The minimum absolute atomic E-state index is 0.168. The summed E-state index contributed by atoms with van der Waals surface area (Å²) in [6, 6.07) is 8.38. The molecule has 0 unspecified atom stereocenters.